The Balaban J connectivity index is 2.04. The smallest absolute Gasteiger partial charge is 0.238 e. The van der Waals surface area contributed by atoms with Gasteiger partial charge in [0.1, 0.15) is 11.8 Å². The number of methoxy groups -OCH3 is 1. The molecular weight excluding hydrogens is 208 g/mol. The summed E-state index contributed by atoms with van der Waals surface area (Å²) in [5.74, 6) is 0.382. The zero-order valence-electron chi connectivity index (χ0n) is 9.30. The van der Waals surface area contributed by atoms with Gasteiger partial charge in [0, 0.05) is 25.4 Å². The number of rotatable bonds is 4. The van der Waals surface area contributed by atoms with Crippen LogP contribution >= 0.6 is 0 Å². The maximum absolute atomic E-state index is 10.0. The van der Waals surface area contributed by atoms with E-state index in [0.717, 1.165) is 19.4 Å². The minimum Gasteiger partial charge on any atom is -0.480 e. The minimum absolute atomic E-state index is 0.127. The summed E-state index contributed by atoms with van der Waals surface area (Å²) in [4.78, 5) is 8.11. The van der Waals surface area contributed by atoms with Crippen molar-refractivity contribution >= 4 is 0 Å². The van der Waals surface area contributed by atoms with Crippen molar-refractivity contribution in [1.29, 1.82) is 0 Å². The Hall–Kier alpha value is -1.20. The first-order chi connectivity index (χ1) is 7.81. The van der Waals surface area contributed by atoms with Crippen molar-refractivity contribution in [2.45, 2.75) is 31.5 Å². The number of hydrogen-bond acceptors (Lipinski definition) is 5. The van der Waals surface area contributed by atoms with Crippen molar-refractivity contribution in [3.05, 3.63) is 18.1 Å². The van der Waals surface area contributed by atoms with Crippen LogP contribution in [0, 0.1) is 0 Å². The van der Waals surface area contributed by atoms with Gasteiger partial charge in [0.15, 0.2) is 0 Å². The van der Waals surface area contributed by atoms with Crippen LogP contribution in [0.3, 0.4) is 0 Å². The number of nitrogens with zero attached hydrogens (tertiary/aromatic N) is 2. The van der Waals surface area contributed by atoms with Gasteiger partial charge in [0.05, 0.1) is 13.2 Å². The van der Waals surface area contributed by atoms with E-state index >= 15 is 0 Å². The number of ether oxygens (including phenoxy) is 2. The fraction of sp³-hybridized carbons (Fsp3) is 0.636. The van der Waals surface area contributed by atoms with Gasteiger partial charge in [0.2, 0.25) is 5.88 Å². The third-order valence-corrected chi connectivity index (χ3v) is 2.71. The summed E-state index contributed by atoms with van der Waals surface area (Å²) in [6, 6.07) is 0. The lowest BCUT2D eigenvalue weighted by atomic mass is 10.1. The van der Waals surface area contributed by atoms with Gasteiger partial charge in [0.25, 0.3) is 0 Å². The molecule has 0 aromatic carbocycles. The molecule has 0 radical (unpaired) electrons. The molecule has 16 heavy (non-hydrogen) atoms. The first kappa shape index (κ1) is 11.3. The van der Waals surface area contributed by atoms with Crippen molar-refractivity contribution in [3.63, 3.8) is 0 Å². The van der Waals surface area contributed by atoms with E-state index in [1.165, 1.54) is 7.11 Å². The molecule has 1 saturated heterocycles. The summed E-state index contributed by atoms with van der Waals surface area (Å²) in [7, 11) is 1.52. The van der Waals surface area contributed by atoms with E-state index in [2.05, 4.69) is 9.97 Å². The van der Waals surface area contributed by atoms with Crippen molar-refractivity contribution in [2.75, 3.05) is 13.7 Å². The molecule has 1 N–H and O–H groups in total. The molecule has 0 amide bonds. The zero-order valence-corrected chi connectivity index (χ0v) is 9.30. The van der Waals surface area contributed by atoms with Gasteiger partial charge in [-0.15, -0.1) is 0 Å². The van der Waals surface area contributed by atoms with Crippen molar-refractivity contribution in [2.24, 2.45) is 0 Å². The van der Waals surface area contributed by atoms with Crippen molar-refractivity contribution in [1.82, 2.24) is 9.97 Å². The van der Waals surface area contributed by atoms with Crippen molar-refractivity contribution < 1.29 is 14.6 Å². The summed E-state index contributed by atoms with van der Waals surface area (Å²) in [6.07, 6.45) is 5.16. The molecule has 0 bridgehead atoms. The summed E-state index contributed by atoms with van der Waals surface area (Å²) in [5.41, 5.74) is 0.487. The molecule has 0 aliphatic carbocycles. The van der Waals surface area contributed by atoms with Crippen LogP contribution in [0.1, 0.15) is 31.1 Å². The third-order valence-electron chi connectivity index (χ3n) is 2.71. The van der Waals surface area contributed by atoms with Gasteiger partial charge in [-0.2, -0.15) is 0 Å². The Bertz CT molecular complexity index is 340. The second kappa shape index (κ2) is 5.23. The fourth-order valence-corrected chi connectivity index (χ4v) is 1.91. The fourth-order valence-electron chi connectivity index (χ4n) is 1.91. The largest absolute Gasteiger partial charge is 0.480 e. The molecule has 2 heterocycles. The Morgan fingerprint density at radius 2 is 2.38 bits per heavy atom. The Morgan fingerprint density at radius 1 is 1.56 bits per heavy atom. The third kappa shape index (κ3) is 2.48. The van der Waals surface area contributed by atoms with Crippen LogP contribution in [0.4, 0.5) is 0 Å². The lowest BCUT2D eigenvalue weighted by molar-refractivity contribution is 0.0506. The van der Waals surface area contributed by atoms with E-state index in [9.17, 15) is 5.11 Å². The van der Waals surface area contributed by atoms with Crippen LogP contribution in [0.2, 0.25) is 0 Å². The standard InChI is InChI=1S/C11H16N2O3/c1-15-11-10(12-4-5-13-11)9(14)7-8-3-2-6-16-8/h4-5,8-9,14H,2-3,6-7H2,1H3. The van der Waals surface area contributed by atoms with Crippen LogP contribution in [0.5, 0.6) is 5.88 Å². The average molecular weight is 224 g/mol. The summed E-state index contributed by atoms with van der Waals surface area (Å²) in [6.45, 7) is 0.787. The van der Waals surface area contributed by atoms with Crippen LogP contribution in [0.15, 0.2) is 12.4 Å². The lowest BCUT2D eigenvalue weighted by Gasteiger charge is -2.15. The van der Waals surface area contributed by atoms with Gasteiger partial charge in [-0.25, -0.2) is 4.98 Å². The number of hydrogen-bond donors (Lipinski definition) is 1. The molecule has 5 heteroatoms. The van der Waals surface area contributed by atoms with E-state index < -0.39 is 6.10 Å². The molecule has 0 spiro atoms. The summed E-state index contributed by atoms with van der Waals surface area (Å²) >= 11 is 0. The highest BCUT2D eigenvalue weighted by Crippen LogP contribution is 2.27. The maximum Gasteiger partial charge on any atom is 0.238 e. The molecule has 88 valence electrons. The van der Waals surface area contributed by atoms with Gasteiger partial charge >= 0.3 is 0 Å². The van der Waals surface area contributed by atoms with E-state index in [4.69, 9.17) is 9.47 Å². The molecule has 1 aromatic heterocycles. The monoisotopic (exact) mass is 224 g/mol. The molecule has 1 aliphatic heterocycles. The number of aliphatic hydroxyl groups is 1. The van der Waals surface area contributed by atoms with Gasteiger partial charge in [-0.05, 0) is 12.8 Å². The van der Waals surface area contributed by atoms with Gasteiger partial charge in [-0.3, -0.25) is 4.98 Å². The van der Waals surface area contributed by atoms with E-state index in [1.54, 1.807) is 12.4 Å². The Kier molecular flexibility index (Phi) is 3.69. The predicted octanol–water partition coefficient (Wildman–Crippen LogP) is 1.09. The Labute approximate surface area is 94.4 Å². The molecule has 5 nitrogen and oxygen atoms in total. The van der Waals surface area contributed by atoms with Crippen LogP contribution < -0.4 is 4.74 Å². The second-order valence-corrected chi connectivity index (χ2v) is 3.84. The SMILES string of the molecule is COc1nccnc1C(O)CC1CCCO1. The average Bonchev–Trinajstić information content (AvgIpc) is 2.81. The number of aliphatic hydroxyl groups excluding tert-OH is 1. The van der Waals surface area contributed by atoms with E-state index in [0.29, 0.717) is 18.0 Å². The van der Waals surface area contributed by atoms with Crippen LogP contribution in [-0.4, -0.2) is 34.9 Å². The first-order valence-electron chi connectivity index (χ1n) is 5.46. The molecule has 2 unspecified atom stereocenters. The Morgan fingerprint density at radius 3 is 3.06 bits per heavy atom. The molecule has 2 rings (SSSR count). The maximum atomic E-state index is 10.0. The zero-order chi connectivity index (χ0) is 11.4. The highest BCUT2D eigenvalue weighted by atomic mass is 16.5. The van der Waals surface area contributed by atoms with Crippen LogP contribution in [-0.2, 0) is 4.74 Å². The quantitative estimate of drug-likeness (QED) is 0.829. The summed E-state index contributed by atoms with van der Waals surface area (Å²) in [5, 5.41) is 10.0. The lowest BCUT2D eigenvalue weighted by Crippen LogP contribution is -2.13. The van der Waals surface area contributed by atoms with Crippen LogP contribution in [0.25, 0.3) is 0 Å². The number of aromatic nitrogens is 2. The highest BCUT2D eigenvalue weighted by Gasteiger charge is 2.23. The molecule has 2 atom stereocenters. The van der Waals surface area contributed by atoms with E-state index in [-0.39, 0.29) is 6.10 Å². The molecule has 0 saturated carbocycles. The first-order valence-corrected chi connectivity index (χ1v) is 5.46. The predicted molar refractivity (Wildman–Crippen MR) is 57.1 cm³/mol. The van der Waals surface area contributed by atoms with Crippen molar-refractivity contribution in [3.8, 4) is 5.88 Å². The molecule has 1 aliphatic rings. The molecular formula is C11H16N2O3. The summed E-state index contributed by atoms with van der Waals surface area (Å²) < 4.78 is 10.5. The highest BCUT2D eigenvalue weighted by molar-refractivity contribution is 5.19. The normalized spacial score (nSPS) is 22.0. The topological polar surface area (TPSA) is 64.5 Å². The minimum atomic E-state index is -0.674. The molecule has 1 aromatic rings. The molecule has 1 fully saturated rings. The second-order valence-electron chi connectivity index (χ2n) is 3.84. The van der Waals surface area contributed by atoms with Gasteiger partial charge < -0.3 is 14.6 Å². The van der Waals surface area contributed by atoms with Gasteiger partial charge in [-0.1, -0.05) is 0 Å². The van der Waals surface area contributed by atoms with E-state index in [1.807, 2.05) is 0 Å².